The molecule has 0 unspecified atom stereocenters. The Hall–Kier alpha value is 0.170. The maximum atomic E-state index is 9.71. The van der Waals surface area contributed by atoms with Crippen LogP contribution in [-0.2, 0) is 18.7 Å². The van der Waals surface area contributed by atoms with Gasteiger partial charge in [-0.2, -0.15) is 8.42 Å². The van der Waals surface area contributed by atoms with Crippen LogP contribution in [0.1, 0.15) is 0 Å². The van der Waals surface area contributed by atoms with Crippen molar-refractivity contribution >= 4 is 18.7 Å². The van der Waals surface area contributed by atoms with Crippen molar-refractivity contribution in [3.8, 4) is 0 Å². The third-order valence-electron chi connectivity index (χ3n) is 0.272. The fraction of sp³-hybridized carbons (Fsp3) is 1.00. The predicted octanol–water partition coefficient (Wildman–Crippen LogP) is -0.342. The van der Waals surface area contributed by atoms with Crippen LogP contribution in [0.2, 0.25) is 0 Å². The summed E-state index contributed by atoms with van der Waals surface area (Å²) in [5.74, 6) is 0. The lowest BCUT2D eigenvalue weighted by molar-refractivity contribution is 0.628. The third kappa shape index (κ3) is 2.41. The summed E-state index contributed by atoms with van der Waals surface area (Å²) in [6, 6.07) is 0. The Kier molecular flexibility index (Phi) is 2.43. The van der Waals surface area contributed by atoms with Gasteiger partial charge in [0.15, 0.2) is 0 Å². The van der Waals surface area contributed by atoms with Crippen LogP contribution in [0.3, 0.4) is 0 Å². The van der Waals surface area contributed by atoms with Gasteiger partial charge in [-0.05, 0) is 12.5 Å². The van der Waals surface area contributed by atoms with Crippen LogP contribution in [0.25, 0.3) is 0 Å². The lowest BCUT2D eigenvalue weighted by atomic mass is 11.9. The Labute approximate surface area is 40.3 Å². The molecule has 0 radical (unpaired) electrons. The smallest absolute Gasteiger partial charge is 0.178 e. The Bertz CT molecular complexity index is 140. The molecule has 0 bridgehead atoms. The summed E-state index contributed by atoms with van der Waals surface area (Å²) in [5, 5.41) is 0. The largest absolute Gasteiger partial charge is 0.240 e. The van der Waals surface area contributed by atoms with Crippen LogP contribution in [0.15, 0.2) is 0 Å². The lowest BCUT2D eigenvalue weighted by Crippen LogP contribution is -1.76. The van der Waals surface area contributed by atoms with Gasteiger partial charge in [0.1, 0.15) is 0 Å². The van der Waals surface area contributed by atoms with E-state index in [-0.39, 0.29) is 0 Å². The van der Waals surface area contributed by atoms with Gasteiger partial charge < -0.3 is 0 Å². The van der Waals surface area contributed by atoms with E-state index in [4.69, 9.17) is 0 Å². The second-order valence-electron chi connectivity index (χ2n) is 0.946. The Morgan fingerprint density at radius 3 is 1.33 bits per heavy atom. The zero-order valence-corrected chi connectivity index (χ0v) is 5.27. The summed E-state index contributed by atoms with van der Waals surface area (Å²) in [6.07, 6.45) is 3.31. The first-order chi connectivity index (χ1) is 2.64. The molecular weight excluding hydrogens is 120 g/mol. The zero-order valence-electron chi connectivity index (χ0n) is 3.63. The van der Waals surface area contributed by atoms with Crippen molar-refractivity contribution in [2.75, 3.05) is 12.5 Å². The zero-order chi connectivity index (χ0) is 5.15. The van der Waals surface area contributed by atoms with E-state index in [0.29, 0.717) is 0 Å². The molecule has 0 aromatic carbocycles. The van der Waals surface area contributed by atoms with E-state index < -0.39 is 18.7 Å². The minimum absolute atomic E-state index is 0.451. The molecule has 38 valence electrons. The van der Waals surface area contributed by atoms with Crippen LogP contribution < -0.4 is 0 Å². The fourth-order valence-corrected chi connectivity index (χ4v) is 0. The van der Waals surface area contributed by atoms with Gasteiger partial charge in [0.25, 0.3) is 0 Å². The first-order valence-electron chi connectivity index (χ1n) is 1.32. The molecule has 0 N–H and O–H groups in total. The molecule has 0 saturated carbocycles. The standard InChI is InChI=1S/C2H6O2S2/c1-5(2)6(3)4/h1-2H3. The topological polar surface area (TPSA) is 34.1 Å². The second kappa shape index (κ2) is 2.36. The highest BCUT2D eigenvalue weighted by atomic mass is 32.9. The summed E-state index contributed by atoms with van der Waals surface area (Å²) in [4.78, 5) is 0. The molecule has 6 heavy (non-hydrogen) atoms. The molecule has 0 aromatic rings. The van der Waals surface area contributed by atoms with E-state index in [0.717, 1.165) is 0 Å². The second-order valence-corrected chi connectivity index (χ2v) is 5.65. The Morgan fingerprint density at radius 1 is 1.17 bits per heavy atom. The van der Waals surface area contributed by atoms with Gasteiger partial charge in [0, 0.05) is 0 Å². The maximum Gasteiger partial charge on any atom is 0.240 e. The van der Waals surface area contributed by atoms with Gasteiger partial charge in [-0.1, -0.05) is 9.45 Å². The van der Waals surface area contributed by atoms with Gasteiger partial charge in [0.2, 0.25) is 9.26 Å². The van der Waals surface area contributed by atoms with Gasteiger partial charge in [-0.15, -0.1) is 0 Å². The van der Waals surface area contributed by atoms with Gasteiger partial charge in [-0.3, -0.25) is 0 Å². The number of hydrogen-bond acceptors (Lipinski definition) is 2. The Morgan fingerprint density at radius 2 is 1.33 bits per heavy atom. The molecular formula is C2H6O2S2. The van der Waals surface area contributed by atoms with Gasteiger partial charge >= 0.3 is 0 Å². The molecule has 0 rings (SSSR count). The average molecular weight is 126 g/mol. The van der Waals surface area contributed by atoms with Crippen LogP contribution >= 0.6 is 0 Å². The molecule has 0 aliphatic carbocycles. The summed E-state index contributed by atoms with van der Waals surface area (Å²) in [5.41, 5.74) is 0. The van der Waals surface area contributed by atoms with Gasteiger partial charge in [-0.25, -0.2) is 0 Å². The van der Waals surface area contributed by atoms with Crippen molar-refractivity contribution in [2.45, 2.75) is 0 Å². The maximum absolute atomic E-state index is 9.71. The molecule has 0 aliphatic rings. The molecule has 0 atom stereocenters. The van der Waals surface area contributed by atoms with Crippen LogP contribution in [0, 0.1) is 0 Å². The molecule has 0 amide bonds. The molecule has 0 saturated heterocycles. The summed E-state index contributed by atoms with van der Waals surface area (Å²) in [7, 11) is -2.29. The van der Waals surface area contributed by atoms with Crippen molar-refractivity contribution in [3.63, 3.8) is 0 Å². The molecule has 4 heteroatoms. The predicted molar refractivity (Wildman–Crippen MR) is 28.1 cm³/mol. The molecule has 0 aliphatic heterocycles. The first kappa shape index (κ1) is 6.17. The van der Waals surface area contributed by atoms with Crippen molar-refractivity contribution < 1.29 is 8.42 Å². The normalized spacial score (nSPS) is 9.17. The monoisotopic (exact) mass is 126 g/mol. The molecule has 0 heterocycles. The molecule has 0 fully saturated rings. The van der Waals surface area contributed by atoms with Crippen molar-refractivity contribution in [3.05, 3.63) is 0 Å². The van der Waals surface area contributed by atoms with Crippen molar-refractivity contribution in [1.82, 2.24) is 0 Å². The first-order valence-corrected chi connectivity index (χ1v) is 4.95. The van der Waals surface area contributed by atoms with Crippen LogP contribution in [0.4, 0.5) is 0 Å². The van der Waals surface area contributed by atoms with E-state index in [1.807, 2.05) is 0 Å². The van der Waals surface area contributed by atoms with Crippen molar-refractivity contribution in [1.29, 1.82) is 0 Å². The lowest BCUT2D eigenvalue weighted by Gasteiger charge is -1.67. The number of rotatable bonds is 0. The summed E-state index contributed by atoms with van der Waals surface area (Å²) in [6.45, 7) is 0. The van der Waals surface area contributed by atoms with Gasteiger partial charge in [0.05, 0.1) is 0 Å². The van der Waals surface area contributed by atoms with Crippen molar-refractivity contribution in [2.24, 2.45) is 0 Å². The highest BCUT2D eigenvalue weighted by Gasteiger charge is 1.68. The highest BCUT2D eigenvalue weighted by Crippen LogP contribution is 1.59. The highest BCUT2D eigenvalue weighted by molar-refractivity contribution is 8.33. The SMILES string of the molecule is CS(C)=S(=O)=O. The van der Waals surface area contributed by atoms with E-state index in [9.17, 15) is 8.42 Å². The minimum atomic E-state index is -1.84. The van der Waals surface area contributed by atoms with E-state index in [2.05, 4.69) is 0 Å². The summed E-state index contributed by atoms with van der Waals surface area (Å²) < 4.78 is 19.4. The molecule has 0 spiro atoms. The van der Waals surface area contributed by atoms with E-state index in [1.54, 1.807) is 12.5 Å². The van der Waals surface area contributed by atoms with E-state index >= 15 is 0 Å². The average Bonchev–Trinajstić information content (AvgIpc) is 1.36. The fourth-order valence-electron chi connectivity index (χ4n) is 0. The minimum Gasteiger partial charge on any atom is -0.178 e. The molecule has 0 aromatic heterocycles. The third-order valence-corrected chi connectivity index (χ3v) is 2.45. The van der Waals surface area contributed by atoms with Crippen LogP contribution in [0.5, 0.6) is 0 Å². The quantitative estimate of drug-likeness (QED) is 0.445. The number of hydrogen-bond donors (Lipinski definition) is 0. The van der Waals surface area contributed by atoms with E-state index in [1.165, 1.54) is 0 Å². The van der Waals surface area contributed by atoms with Crippen LogP contribution in [-0.4, -0.2) is 20.9 Å². The molecule has 2 nitrogen and oxygen atoms in total. The Balaban J connectivity index is 4.58. The summed E-state index contributed by atoms with van der Waals surface area (Å²) >= 11 is 0.